The molecule has 0 radical (unpaired) electrons. The van der Waals surface area contributed by atoms with Gasteiger partial charge >= 0.3 is 5.97 Å². The Kier molecular flexibility index (Phi) is 4.83. The quantitative estimate of drug-likeness (QED) is 0.810. The zero-order valence-corrected chi connectivity index (χ0v) is 10.9. The summed E-state index contributed by atoms with van der Waals surface area (Å²) < 4.78 is 1.40. The first kappa shape index (κ1) is 14.2. The van der Waals surface area contributed by atoms with Crippen molar-refractivity contribution in [2.45, 2.75) is 39.7 Å². The standard InChI is InChI=1S/C13H18N2O3/c1-4-7-15-13(18)10(5-6-12(16)17)8-11(14-15)9(2)3/h5-6,8-9H,4,7H2,1-3H3,(H,16,17)/b6-5+. The number of hydrogen-bond donors (Lipinski definition) is 1. The fraction of sp³-hybridized carbons (Fsp3) is 0.462. The summed E-state index contributed by atoms with van der Waals surface area (Å²) >= 11 is 0. The minimum absolute atomic E-state index is 0.186. The largest absolute Gasteiger partial charge is 0.478 e. The average Bonchev–Trinajstić information content (AvgIpc) is 2.29. The van der Waals surface area contributed by atoms with Gasteiger partial charge in [-0.1, -0.05) is 20.8 Å². The maximum absolute atomic E-state index is 12.0. The predicted molar refractivity (Wildman–Crippen MR) is 69.5 cm³/mol. The molecular weight excluding hydrogens is 232 g/mol. The van der Waals surface area contributed by atoms with Crippen molar-refractivity contribution in [3.05, 3.63) is 33.8 Å². The van der Waals surface area contributed by atoms with Crippen molar-refractivity contribution < 1.29 is 9.90 Å². The zero-order valence-electron chi connectivity index (χ0n) is 10.9. The van der Waals surface area contributed by atoms with Crippen LogP contribution in [0.5, 0.6) is 0 Å². The number of hydrogen-bond acceptors (Lipinski definition) is 3. The van der Waals surface area contributed by atoms with E-state index in [2.05, 4.69) is 5.10 Å². The molecule has 0 aliphatic carbocycles. The molecule has 1 aromatic rings. The van der Waals surface area contributed by atoms with Crippen LogP contribution >= 0.6 is 0 Å². The van der Waals surface area contributed by atoms with Crippen LogP contribution in [0, 0.1) is 0 Å². The molecule has 18 heavy (non-hydrogen) atoms. The van der Waals surface area contributed by atoms with Crippen LogP contribution in [0.4, 0.5) is 0 Å². The maximum Gasteiger partial charge on any atom is 0.328 e. The first-order valence-electron chi connectivity index (χ1n) is 5.98. The van der Waals surface area contributed by atoms with Crippen LogP contribution < -0.4 is 5.56 Å². The lowest BCUT2D eigenvalue weighted by atomic mass is 10.1. The Labute approximate surface area is 106 Å². The molecule has 0 atom stereocenters. The Morgan fingerprint density at radius 1 is 1.56 bits per heavy atom. The van der Waals surface area contributed by atoms with Gasteiger partial charge in [0.1, 0.15) is 0 Å². The van der Waals surface area contributed by atoms with E-state index in [4.69, 9.17) is 5.11 Å². The summed E-state index contributed by atoms with van der Waals surface area (Å²) in [5.41, 5.74) is 0.899. The van der Waals surface area contributed by atoms with Gasteiger partial charge in [0.25, 0.3) is 5.56 Å². The van der Waals surface area contributed by atoms with Crippen molar-refractivity contribution in [3.63, 3.8) is 0 Å². The average molecular weight is 250 g/mol. The number of carbonyl (C=O) groups is 1. The monoisotopic (exact) mass is 250 g/mol. The second kappa shape index (κ2) is 6.14. The predicted octanol–water partition coefficient (Wildman–Crippen LogP) is 1.87. The van der Waals surface area contributed by atoms with E-state index in [9.17, 15) is 9.59 Å². The van der Waals surface area contributed by atoms with Crippen LogP contribution in [0.15, 0.2) is 16.9 Å². The summed E-state index contributed by atoms with van der Waals surface area (Å²) in [7, 11) is 0. The van der Waals surface area contributed by atoms with Crippen LogP contribution in [0.2, 0.25) is 0 Å². The highest BCUT2D eigenvalue weighted by molar-refractivity contribution is 5.85. The fourth-order valence-electron chi connectivity index (χ4n) is 1.51. The molecule has 5 nitrogen and oxygen atoms in total. The lowest BCUT2D eigenvalue weighted by Gasteiger charge is -2.10. The molecule has 0 bridgehead atoms. The molecule has 0 saturated heterocycles. The molecule has 0 aliphatic heterocycles. The minimum atomic E-state index is -1.07. The van der Waals surface area contributed by atoms with E-state index in [1.807, 2.05) is 20.8 Å². The molecule has 0 fully saturated rings. The lowest BCUT2D eigenvalue weighted by Crippen LogP contribution is -2.26. The number of carboxylic acid groups (broad SMARTS) is 1. The van der Waals surface area contributed by atoms with E-state index in [1.165, 1.54) is 10.8 Å². The second-order valence-corrected chi connectivity index (χ2v) is 4.38. The Morgan fingerprint density at radius 3 is 2.72 bits per heavy atom. The summed E-state index contributed by atoms with van der Waals surface area (Å²) in [4.78, 5) is 22.5. The molecule has 0 aromatic carbocycles. The Bertz CT molecular complexity index is 515. The molecule has 1 heterocycles. The van der Waals surface area contributed by atoms with E-state index in [-0.39, 0.29) is 11.5 Å². The fourth-order valence-corrected chi connectivity index (χ4v) is 1.51. The van der Waals surface area contributed by atoms with E-state index < -0.39 is 5.97 Å². The highest BCUT2D eigenvalue weighted by Gasteiger charge is 2.08. The molecule has 1 aromatic heterocycles. The van der Waals surface area contributed by atoms with Gasteiger partial charge < -0.3 is 5.11 Å². The molecule has 0 amide bonds. The number of nitrogens with zero attached hydrogens (tertiary/aromatic N) is 2. The van der Waals surface area contributed by atoms with E-state index >= 15 is 0 Å². The van der Waals surface area contributed by atoms with E-state index in [1.54, 1.807) is 6.07 Å². The van der Waals surface area contributed by atoms with Crippen molar-refractivity contribution in [1.82, 2.24) is 9.78 Å². The van der Waals surface area contributed by atoms with Crippen LogP contribution in [0.1, 0.15) is 44.4 Å². The number of carboxylic acids is 1. The summed E-state index contributed by atoms with van der Waals surface area (Å²) in [6.45, 7) is 6.46. The molecule has 0 unspecified atom stereocenters. The Morgan fingerprint density at radius 2 is 2.22 bits per heavy atom. The number of aromatic nitrogens is 2. The van der Waals surface area contributed by atoms with Gasteiger partial charge in [-0.15, -0.1) is 0 Å². The third kappa shape index (κ3) is 3.55. The molecule has 1 rings (SSSR count). The summed E-state index contributed by atoms with van der Waals surface area (Å²) in [6, 6.07) is 1.65. The molecule has 98 valence electrons. The van der Waals surface area contributed by atoms with Crippen molar-refractivity contribution in [1.29, 1.82) is 0 Å². The number of rotatable bonds is 5. The lowest BCUT2D eigenvalue weighted by molar-refractivity contribution is -0.131. The van der Waals surface area contributed by atoms with Gasteiger partial charge in [-0.3, -0.25) is 4.79 Å². The van der Waals surface area contributed by atoms with Crippen molar-refractivity contribution in [2.24, 2.45) is 0 Å². The summed E-state index contributed by atoms with van der Waals surface area (Å²) in [5, 5.41) is 12.9. The van der Waals surface area contributed by atoms with Crippen LogP contribution in [-0.4, -0.2) is 20.9 Å². The summed E-state index contributed by atoms with van der Waals surface area (Å²) in [6.07, 6.45) is 3.10. The second-order valence-electron chi connectivity index (χ2n) is 4.38. The normalized spacial score (nSPS) is 11.3. The summed E-state index contributed by atoms with van der Waals surface area (Å²) in [5.74, 6) is -0.884. The van der Waals surface area contributed by atoms with Crippen LogP contribution in [-0.2, 0) is 11.3 Å². The van der Waals surface area contributed by atoms with Crippen LogP contribution in [0.25, 0.3) is 6.08 Å². The topological polar surface area (TPSA) is 72.2 Å². The molecule has 0 spiro atoms. The SMILES string of the molecule is CCCn1nc(C(C)C)cc(/C=C/C(=O)O)c1=O. The molecule has 0 saturated carbocycles. The van der Waals surface area contributed by atoms with Gasteiger partial charge in [-0.05, 0) is 24.5 Å². The molecule has 1 N–H and O–H groups in total. The smallest absolute Gasteiger partial charge is 0.328 e. The minimum Gasteiger partial charge on any atom is -0.478 e. The van der Waals surface area contributed by atoms with Crippen molar-refractivity contribution in [2.75, 3.05) is 0 Å². The van der Waals surface area contributed by atoms with Gasteiger partial charge in [0.05, 0.1) is 5.69 Å². The third-order valence-electron chi connectivity index (χ3n) is 2.45. The molecular formula is C13H18N2O3. The maximum atomic E-state index is 12.0. The van der Waals surface area contributed by atoms with Gasteiger partial charge in [0.2, 0.25) is 0 Å². The first-order chi connectivity index (χ1) is 8.45. The van der Waals surface area contributed by atoms with Crippen molar-refractivity contribution in [3.8, 4) is 0 Å². The van der Waals surface area contributed by atoms with Gasteiger partial charge in [-0.25, -0.2) is 9.48 Å². The highest BCUT2D eigenvalue weighted by Crippen LogP contribution is 2.11. The first-order valence-corrected chi connectivity index (χ1v) is 5.98. The van der Waals surface area contributed by atoms with Crippen molar-refractivity contribution >= 4 is 12.0 Å². The number of aliphatic carboxylic acids is 1. The van der Waals surface area contributed by atoms with E-state index in [0.29, 0.717) is 12.1 Å². The van der Waals surface area contributed by atoms with Gasteiger partial charge in [0, 0.05) is 18.2 Å². The number of aryl methyl sites for hydroxylation is 1. The zero-order chi connectivity index (χ0) is 13.7. The Hall–Kier alpha value is -1.91. The van der Waals surface area contributed by atoms with Crippen LogP contribution in [0.3, 0.4) is 0 Å². The molecule has 0 aliphatic rings. The third-order valence-corrected chi connectivity index (χ3v) is 2.45. The highest BCUT2D eigenvalue weighted by atomic mass is 16.4. The van der Waals surface area contributed by atoms with Gasteiger partial charge in [0.15, 0.2) is 0 Å². The van der Waals surface area contributed by atoms with Gasteiger partial charge in [-0.2, -0.15) is 5.10 Å². The van der Waals surface area contributed by atoms with E-state index in [0.717, 1.165) is 18.2 Å². The Balaban J connectivity index is 3.31. The molecule has 5 heteroatoms.